The molecule has 0 amide bonds. The van der Waals surface area contributed by atoms with Crippen LogP contribution >= 0.6 is 0 Å². The highest BCUT2D eigenvalue weighted by Crippen LogP contribution is 2.34. The Balaban J connectivity index is 1.98. The van der Waals surface area contributed by atoms with Gasteiger partial charge in [-0.3, -0.25) is 0 Å². The predicted octanol–water partition coefficient (Wildman–Crippen LogP) is 2.38. The van der Waals surface area contributed by atoms with Gasteiger partial charge in [0.15, 0.2) is 0 Å². The molecule has 2 heterocycles. The van der Waals surface area contributed by atoms with Crippen LogP contribution in [0.2, 0.25) is 0 Å². The number of hydrogen-bond acceptors (Lipinski definition) is 2. The van der Waals surface area contributed by atoms with Crippen LogP contribution in [0.4, 0.5) is 13.2 Å². The summed E-state index contributed by atoms with van der Waals surface area (Å²) in [5.41, 5.74) is 0. The summed E-state index contributed by atoms with van der Waals surface area (Å²) >= 11 is 0. The molecule has 0 saturated carbocycles. The van der Waals surface area contributed by atoms with Crippen LogP contribution in [0.25, 0.3) is 0 Å². The SMILES string of the molecule is CCn1ccnc1CC1CC(C(F)(F)F)CCN1. The third kappa shape index (κ3) is 3.04. The first-order chi connectivity index (χ1) is 8.50. The number of aryl methyl sites for hydroxylation is 1. The van der Waals surface area contributed by atoms with Gasteiger partial charge in [0.25, 0.3) is 0 Å². The highest BCUT2D eigenvalue weighted by molar-refractivity contribution is 4.97. The van der Waals surface area contributed by atoms with Gasteiger partial charge in [-0.1, -0.05) is 0 Å². The minimum absolute atomic E-state index is 0.127. The standard InChI is InChI=1S/C12H18F3N3/c1-2-18-6-5-17-11(18)8-10-7-9(3-4-16-10)12(13,14)15/h5-6,9-10,16H,2-4,7-8H2,1H3. The van der Waals surface area contributed by atoms with Gasteiger partial charge in [0, 0.05) is 31.4 Å². The molecule has 1 fully saturated rings. The summed E-state index contributed by atoms with van der Waals surface area (Å²) in [5.74, 6) is -0.313. The summed E-state index contributed by atoms with van der Waals surface area (Å²) in [6.07, 6.45) is 0.387. The third-order valence-electron chi connectivity index (χ3n) is 3.53. The smallest absolute Gasteiger partial charge is 0.335 e. The zero-order valence-corrected chi connectivity index (χ0v) is 10.4. The van der Waals surface area contributed by atoms with Crippen molar-refractivity contribution in [3.8, 4) is 0 Å². The lowest BCUT2D eigenvalue weighted by Crippen LogP contribution is -2.44. The Kier molecular flexibility index (Phi) is 3.94. The van der Waals surface area contributed by atoms with Crippen molar-refractivity contribution in [2.24, 2.45) is 5.92 Å². The third-order valence-corrected chi connectivity index (χ3v) is 3.53. The minimum Gasteiger partial charge on any atom is -0.335 e. The van der Waals surface area contributed by atoms with Crippen molar-refractivity contribution in [3.05, 3.63) is 18.2 Å². The Labute approximate surface area is 104 Å². The predicted molar refractivity (Wildman–Crippen MR) is 62.2 cm³/mol. The van der Waals surface area contributed by atoms with Gasteiger partial charge in [-0.2, -0.15) is 13.2 Å². The minimum atomic E-state index is -4.07. The molecule has 1 aromatic rings. The number of aromatic nitrogens is 2. The van der Waals surface area contributed by atoms with E-state index in [1.165, 1.54) is 0 Å². The lowest BCUT2D eigenvalue weighted by Gasteiger charge is -2.31. The Morgan fingerprint density at radius 1 is 1.50 bits per heavy atom. The van der Waals surface area contributed by atoms with E-state index in [1.807, 2.05) is 17.7 Å². The fraction of sp³-hybridized carbons (Fsp3) is 0.750. The second-order valence-corrected chi connectivity index (χ2v) is 4.75. The quantitative estimate of drug-likeness (QED) is 0.905. The molecular weight excluding hydrogens is 243 g/mol. The fourth-order valence-electron chi connectivity index (χ4n) is 2.50. The van der Waals surface area contributed by atoms with Crippen molar-refractivity contribution in [1.29, 1.82) is 0 Å². The highest BCUT2D eigenvalue weighted by atomic mass is 19.4. The first-order valence-corrected chi connectivity index (χ1v) is 6.30. The van der Waals surface area contributed by atoms with Crippen LogP contribution in [0, 0.1) is 5.92 Å². The Bertz CT molecular complexity index is 386. The number of halogens is 3. The maximum absolute atomic E-state index is 12.7. The largest absolute Gasteiger partial charge is 0.391 e. The molecule has 1 aliphatic rings. The average molecular weight is 261 g/mol. The molecule has 6 heteroatoms. The summed E-state index contributed by atoms with van der Waals surface area (Å²) in [4.78, 5) is 4.21. The van der Waals surface area contributed by atoms with Gasteiger partial charge in [-0.15, -0.1) is 0 Å². The van der Waals surface area contributed by atoms with E-state index < -0.39 is 12.1 Å². The van der Waals surface area contributed by atoms with E-state index in [2.05, 4.69) is 10.3 Å². The van der Waals surface area contributed by atoms with E-state index in [-0.39, 0.29) is 18.9 Å². The van der Waals surface area contributed by atoms with Crippen molar-refractivity contribution < 1.29 is 13.2 Å². The number of imidazole rings is 1. The molecule has 2 atom stereocenters. The van der Waals surface area contributed by atoms with Crippen molar-refractivity contribution >= 4 is 0 Å². The molecule has 0 radical (unpaired) electrons. The van der Waals surface area contributed by atoms with Gasteiger partial charge in [-0.25, -0.2) is 4.98 Å². The van der Waals surface area contributed by atoms with Gasteiger partial charge in [0.1, 0.15) is 5.82 Å². The number of nitrogens with one attached hydrogen (secondary N) is 1. The van der Waals surface area contributed by atoms with Gasteiger partial charge < -0.3 is 9.88 Å². The number of rotatable bonds is 3. The Morgan fingerprint density at radius 3 is 2.94 bits per heavy atom. The fourth-order valence-corrected chi connectivity index (χ4v) is 2.50. The van der Waals surface area contributed by atoms with Crippen LogP contribution in [0.3, 0.4) is 0 Å². The zero-order valence-electron chi connectivity index (χ0n) is 10.4. The van der Waals surface area contributed by atoms with Crippen molar-refractivity contribution in [2.75, 3.05) is 6.54 Å². The Hall–Kier alpha value is -1.04. The molecule has 1 saturated heterocycles. The molecule has 1 aliphatic heterocycles. The lowest BCUT2D eigenvalue weighted by molar-refractivity contribution is -0.183. The van der Waals surface area contributed by atoms with Crippen LogP contribution in [0.15, 0.2) is 12.4 Å². The molecule has 1 N–H and O–H groups in total. The maximum atomic E-state index is 12.7. The number of piperidine rings is 1. The molecule has 3 nitrogen and oxygen atoms in total. The Morgan fingerprint density at radius 2 is 2.28 bits per heavy atom. The highest BCUT2D eigenvalue weighted by Gasteiger charge is 2.42. The summed E-state index contributed by atoms with van der Waals surface area (Å²) in [7, 11) is 0. The molecular formula is C12H18F3N3. The first kappa shape index (κ1) is 13.4. The average Bonchev–Trinajstić information content (AvgIpc) is 2.75. The summed E-state index contributed by atoms with van der Waals surface area (Å²) < 4.78 is 40.0. The van der Waals surface area contributed by atoms with E-state index >= 15 is 0 Å². The van der Waals surface area contributed by atoms with E-state index in [0.29, 0.717) is 13.0 Å². The summed E-state index contributed by atoms with van der Waals surface area (Å²) in [6.45, 7) is 3.23. The van der Waals surface area contributed by atoms with Crippen LogP contribution < -0.4 is 5.32 Å². The van der Waals surface area contributed by atoms with Gasteiger partial charge in [0.2, 0.25) is 0 Å². The number of alkyl halides is 3. The van der Waals surface area contributed by atoms with Crippen LogP contribution in [0.1, 0.15) is 25.6 Å². The van der Waals surface area contributed by atoms with Gasteiger partial charge >= 0.3 is 6.18 Å². The second kappa shape index (κ2) is 5.30. The summed E-state index contributed by atoms with van der Waals surface area (Å²) in [5, 5.41) is 3.16. The molecule has 2 rings (SSSR count). The van der Waals surface area contributed by atoms with E-state index in [4.69, 9.17) is 0 Å². The topological polar surface area (TPSA) is 29.9 Å². The first-order valence-electron chi connectivity index (χ1n) is 6.30. The van der Waals surface area contributed by atoms with E-state index in [0.717, 1.165) is 12.4 Å². The molecule has 102 valence electrons. The van der Waals surface area contributed by atoms with Crippen molar-refractivity contribution in [3.63, 3.8) is 0 Å². The normalized spacial score (nSPS) is 25.3. The molecule has 0 aliphatic carbocycles. The number of hydrogen-bond donors (Lipinski definition) is 1. The molecule has 18 heavy (non-hydrogen) atoms. The molecule has 0 bridgehead atoms. The number of nitrogens with zero attached hydrogens (tertiary/aromatic N) is 2. The van der Waals surface area contributed by atoms with Crippen LogP contribution in [0.5, 0.6) is 0 Å². The van der Waals surface area contributed by atoms with Crippen molar-refractivity contribution in [2.45, 2.75) is 44.9 Å². The van der Waals surface area contributed by atoms with Crippen LogP contribution in [-0.2, 0) is 13.0 Å². The van der Waals surface area contributed by atoms with Gasteiger partial charge in [0.05, 0.1) is 5.92 Å². The van der Waals surface area contributed by atoms with E-state index in [9.17, 15) is 13.2 Å². The van der Waals surface area contributed by atoms with E-state index in [1.54, 1.807) is 6.20 Å². The van der Waals surface area contributed by atoms with Gasteiger partial charge in [-0.05, 0) is 26.3 Å². The maximum Gasteiger partial charge on any atom is 0.391 e. The molecule has 1 aromatic heterocycles. The molecule has 2 unspecified atom stereocenters. The summed E-state index contributed by atoms with van der Waals surface area (Å²) in [6, 6.07) is -0.127. The second-order valence-electron chi connectivity index (χ2n) is 4.75. The van der Waals surface area contributed by atoms with Crippen molar-refractivity contribution in [1.82, 2.24) is 14.9 Å². The van der Waals surface area contributed by atoms with Crippen LogP contribution in [-0.4, -0.2) is 28.3 Å². The molecule has 0 aromatic carbocycles. The lowest BCUT2D eigenvalue weighted by atomic mass is 9.90. The molecule has 0 spiro atoms. The zero-order chi connectivity index (χ0) is 13.2. The monoisotopic (exact) mass is 261 g/mol.